The summed E-state index contributed by atoms with van der Waals surface area (Å²) in [6.45, 7) is 1.92. The number of pyridine rings is 1. The van der Waals surface area contributed by atoms with Crippen molar-refractivity contribution in [2.75, 3.05) is 25.3 Å². The standard InChI is InChI=1S/C21H20N2O4S/c1-13-10-19(16-11-14(26-2)8-9-18(16)22-13)28-12-20(24)23-17-7-5-4-6-15(17)21(25)27-3/h4-11H,12H2,1-3H3,(H,23,24). The van der Waals surface area contributed by atoms with Gasteiger partial charge < -0.3 is 14.8 Å². The topological polar surface area (TPSA) is 77.5 Å². The maximum absolute atomic E-state index is 12.5. The second kappa shape index (κ2) is 8.75. The van der Waals surface area contributed by atoms with Gasteiger partial charge in [0.15, 0.2) is 0 Å². The average molecular weight is 396 g/mol. The molecule has 0 saturated heterocycles. The van der Waals surface area contributed by atoms with Gasteiger partial charge in [0.2, 0.25) is 5.91 Å². The van der Waals surface area contributed by atoms with Gasteiger partial charge in [-0.2, -0.15) is 0 Å². The van der Waals surface area contributed by atoms with Crippen LogP contribution >= 0.6 is 11.8 Å². The first-order valence-electron chi connectivity index (χ1n) is 8.57. The van der Waals surface area contributed by atoms with E-state index in [1.54, 1.807) is 31.4 Å². The van der Waals surface area contributed by atoms with Gasteiger partial charge in [-0.25, -0.2) is 4.79 Å². The number of para-hydroxylation sites is 1. The van der Waals surface area contributed by atoms with Crippen molar-refractivity contribution < 1.29 is 19.1 Å². The van der Waals surface area contributed by atoms with Gasteiger partial charge in [-0.1, -0.05) is 12.1 Å². The van der Waals surface area contributed by atoms with Crippen LogP contribution in [0.3, 0.4) is 0 Å². The largest absolute Gasteiger partial charge is 0.497 e. The fourth-order valence-electron chi connectivity index (χ4n) is 2.76. The molecule has 0 aliphatic carbocycles. The van der Waals surface area contributed by atoms with Crippen LogP contribution < -0.4 is 10.1 Å². The van der Waals surface area contributed by atoms with Crippen LogP contribution in [-0.4, -0.2) is 36.8 Å². The molecule has 7 heteroatoms. The molecule has 0 radical (unpaired) electrons. The van der Waals surface area contributed by atoms with Crippen molar-refractivity contribution in [1.82, 2.24) is 4.98 Å². The van der Waals surface area contributed by atoms with Gasteiger partial charge in [-0.05, 0) is 43.3 Å². The number of carbonyl (C=O) groups is 2. The van der Waals surface area contributed by atoms with Crippen molar-refractivity contribution in [1.29, 1.82) is 0 Å². The molecule has 1 amide bonds. The maximum Gasteiger partial charge on any atom is 0.339 e. The van der Waals surface area contributed by atoms with E-state index in [0.717, 1.165) is 27.2 Å². The van der Waals surface area contributed by atoms with Crippen molar-refractivity contribution in [3.05, 3.63) is 59.8 Å². The van der Waals surface area contributed by atoms with Crippen molar-refractivity contribution in [3.8, 4) is 5.75 Å². The summed E-state index contributed by atoms with van der Waals surface area (Å²) in [6.07, 6.45) is 0. The van der Waals surface area contributed by atoms with Crippen LogP contribution in [0.2, 0.25) is 0 Å². The fourth-order valence-corrected chi connectivity index (χ4v) is 3.69. The van der Waals surface area contributed by atoms with E-state index in [9.17, 15) is 9.59 Å². The Balaban J connectivity index is 1.78. The van der Waals surface area contributed by atoms with Gasteiger partial charge in [0.05, 0.1) is 36.7 Å². The number of nitrogens with one attached hydrogen (secondary N) is 1. The number of carbonyl (C=O) groups excluding carboxylic acids is 2. The zero-order valence-electron chi connectivity index (χ0n) is 15.8. The molecule has 3 aromatic rings. The number of anilines is 1. The van der Waals surface area contributed by atoms with E-state index in [0.29, 0.717) is 11.3 Å². The average Bonchev–Trinajstić information content (AvgIpc) is 2.71. The number of methoxy groups -OCH3 is 2. The van der Waals surface area contributed by atoms with Crippen molar-refractivity contribution in [2.24, 2.45) is 0 Å². The molecule has 0 aliphatic rings. The number of benzene rings is 2. The highest BCUT2D eigenvalue weighted by Crippen LogP contribution is 2.30. The molecule has 0 aliphatic heterocycles. The second-order valence-corrected chi connectivity index (χ2v) is 7.04. The fraction of sp³-hybridized carbons (Fsp3) is 0.190. The third-order valence-corrected chi connectivity index (χ3v) is 5.13. The molecule has 0 fully saturated rings. The molecule has 144 valence electrons. The van der Waals surface area contributed by atoms with Gasteiger partial charge in [-0.3, -0.25) is 9.78 Å². The monoisotopic (exact) mass is 396 g/mol. The Bertz CT molecular complexity index is 1040. The molecule has 1 heterocycles. The zero-order chi connectivity index (χ0) is 20.1. The molecule has 0 unspecified atom stereocenters. The Kier molecular flexibility index (Phi) is 6.16. The molecular weight excluding hydrogens is 376 g/mol. The molecule has 0 spiro atoms. The smallest absolute Gasteiger partial charge is 0.339 e. The number of esters is 1. The quantitative estimate of drug-likeness (QED) is 0.500. The second-order valence-electron chi connectivity index (χ2n) is 6.02. The maximum atomic E-state index is 12.5. The van der Waals surface area contributed by atoms with Crippen molar-refractivity contribution in [2.45, 2.75) is 11.8 Å². The summed E-state index contributed by atoms with van der Waals surface area (Å²) in [5, 5.41) is 3.71. The normalized spacial score (nSPS) is 10.5. The number of hydrogen-bond acceptors (Lipinski definition) is 6. The Hall–Kier alpha value is -3.06. The molecule has 0 saturated carbocycles. The van der Waals surface area contributed by atoms with Crippen LogP contribution in [-0.2, 0) is 9.53 Å². The number of hydrogen-bond donors (Lipinski definition) is 1. The summed E-state index contributed by atoms with van der Waals surface area (Å²) in [4.78, 5) is 29.8. The van der Waals surface area contributed by atoms with Crippen molar-refractivity contribution >= 4 is 40.2 Å². The number of nitrogens with zero attached hydrogens (tertiary/aromatic N) is 1. The highest BCUT2D eigenvalue weighted by molar-refractivity contribution is 8.00. The van der Waals surface area contributed by atoms with Crippen LogP contribution in [0.5, 0.6) is 5.75 Å². The van der Waals surface area contributed by atoms with E-state index in [1.807, 2.05) is 31.2 Å². The summed E-state index contributed by atoms with van der Waals surface area (Å²) in [5.74, 6) is 0.209. The molecule has 3 rings (SSSR count). The summed E-state index contributed by atoms with van der Waals surface area (Å²) in [6, 6.07) is 14.4. The Morgan fingerprint density at radius 3 is 2.64 bits per heavy atom. The lowest BCUT2D eigenvalue weighted by Crippen LogP contribution is -2.17. The summed E-state index contributed by atoms with van der Waals surface area (Å²) in [7, 11) is 2.92. The Morgan fingerprint density at radius 1 is 1.11 bits per heavy atom. The lowest BCUT2D eigenvalue weighted by Gasteiger charge is -2.11. The minimum absolute atomic E-state index is 0.186. The van der Waals surface area contributed by atoms with E-state index in [2.05, 4.69) is 10.3 Å². The van der Waals surface area contributed by atoms with E-state index >= 15 is 0 Å². The van der Waals surface area contributed by atoms with Gasteiger partial charge in [0, 0.05) is 16.0 Å². The predicted octanol–water partition coefficient (Wildman–Crippen LogP) is 4.07. The van der Waals surface area contributed by atoms with Gasteiger partial charge in [0.1, 0.15) is 5.75 Å². The van der Waals surface area contributed by atoms with E-state index in [4.69, 9.17) is 9.47 Å². The number of rotatable bonds is 6. The third kappa shape index (κ3) is 4.43. The van der Waals surface area contributed by atoms with Crippen LogP contribution in [0.25, 0.3) is 10.9 Å². The summed E-state index contributed by atoms with van der Waals surface area (Å²) in [5.41, 5.74) is 2.46. The summed E-state index contributed by atoms with van der Waals surface area (Å²) >= 11 is 1.41. The SMILES string of the molecule is COC(=O)c1ccccc1NC(=O)CSc1cc(C)nc2ccc(OC)cc12. The van der Waals surface area contributed by atoms with Crippen LogP contribution in [0.15, 0.2) is 53.4 Å². The molecular formula is C21H20N2O4S. The lowest BCUT2D eigenvalue weighted by molar-refractivity contribution is -0.113. The van der Waals surface area contributed by atoms with Gasteiger partial charge in [0.25, 0.3) is 0 Å². The van der Waals surface area contributed by atoms with Crippen LogP contribution in [0.1, 0.15) is 16.1 Å². The minimum Gasteiger partial charge on any atom is -0.497 e. The molecule has 6 nitrogen and oxygen atoms in total. The number of thioether (sulfide) groups is 1. The molecule has 1 aromatic heterocycles. The number of aryl methyl sites for hydroxylation is 1. The number of fused-ring (bicyclic) bond motifs is 1. The van der Waals surface area contributed by atoms with E-state index in [1.165, 1.54) is 18.9 Å². The van der Waals surface area contributed by atoms with Gasteiger partial charge >= 0.3 is 5.97 Å². The van der Waals surface area contributed by atoms with Crippen LogP contribution in [0, 0.1) is 6.92 Å². The minimum atomic E-state index is -0.494. The highest BCUT2D eigenvalue weighted by atomic mass is 32.2. The number of amides is 1. The third-order valence-electron chi connectivity index (χ3n) is 4.07. The molecule has 2 aromatic carbocycles. The van der Waals surface area contributed by atoms with E-state index in [-0.39, 0.29) is 11.7 Å². The highest BCUT2D eigenvalue weighted by Gasteiger charge is 2.14. The molecule has 1 N–H and O–H groups in total. The first-order valence-corrected chi connectivity index (χ1v) is 9.55. The van der Waals surface area contributed by atoms with E-state index < -0.39 is 5.97 Å². The number of ether oxygens (including phenoxy) is 2. The number of aromatic nitrogens is 1. The first-order chi connectivity index (χ1) is 13.5. The zero-order valence-corrected chi connectivity index (χ0v) is 16.6. The molecule has 28 heavy (non-hydrogen) atoms. The summed E-state index contributed by atoms with van der Waals surface area (Å²) < 4.78 is 10.1. The Morgan fingerprint density at radius 2 is 1.89 bits per heavy atom. The Labute approximate surface area is 167 Å². The van der Waals surface area contributed by atoms with Crippen molar-refractivity contribution in [3.63, 3.8) is 0 Å². The molecule has 0 atom stereocenters. The van der Waals surface area contributed by atoms with Crippen LogP contribution in [0.4, 0.5) is 5.69 Å². The first kappa shape index (κ1) is 19.7. The van der Waals surface area contributed by atoms with Gasteiger partial charge in [-0.15, -0.1) is 11.8 Å². The lowest BCUT2D eigenvalue weighted by atomic mass is 10.2. The predicted molar refractivity (Wildman–Crippen MR) is 110 cm³/mol. The molecule has 0 bridgehead atoms.